The van der Waals surface area contributed by atoms with Gasteiger partial charge in [0.1, 0.15) is 6.54 Å². The molecule has 0 aliphatic carbocycles. The van der Waals surface area contributed by atoms with Gasteiger partial charge in [0.2, 0.25) is 5.91 Å². The molecule has 0 radical (unpaired) electrons. The van der Waals surface area contributed by atoms with Crippen molar-refractivity contribution in [2.24, 2.45) is 5.92 Å². The SMILES string of the molecule is O=C(O)CNC(=O)CC1CCCNC1. The summed E-state index contributed by atoms with van der Waals surface area (Å²) in [5, 5.41) is 13.9. The maximum atomic E-state index is 11.2. The van der Waals surface area contributed by atoms with E-state index in [-0.39, 0.29) is 12.5 Å². The molecule has 5 nitrogen and oxygen atoms in total. The van der Waals surface area contributed by atoms with Gasteiger partial charge in [0.05, 0.1) is 0 Å². The second kappa shape index (κ2) is 5.59. The van der Waals surface area contributed by atoms with Crippen LogP contribution < -0.4 is 10.6 Å². The van der Waals surface area contributed by atoms with Crippen LogP contribution in [-0.4, -0.2) is 36.6 Å². The fraction of sp³-hybridized carbons (Fsp3) is 0.778. The number of carboxylic acid groups (broad SMARTS) is 1. The monoisotopic (exact) mass is 200 g/mol. The van der Waals surface area contributed by atoms with E-state index in [2.05, 4.69) is 10.6 Å². The van der Waals surface area contributed by atoms with Crippen LogP contribution in [0.4, 0.5) is 0 Å². The van der Waals surface area contributed by atoms with Gasteiger partial charge in [0.25, 0.3) is 0 Å². The van der Waals surface area contributed by atoms with Crippen molar-refractivity contribution in [1.82, 2.24) is 10.6 Å². The molecule has 0 aromatic carbocycles. The largest absolute Gasteiger partial charge is 0.480 e. The van der Waals surface area contributed by atoms with Crippen molar-refractivity contribution in [3.8, 4) is 0 Å². The summed E-state index contributed by atoms with van der Waals surface area (Å²) in [5.41, 5.74) is 0. The van der Waals surface area contributed by atoms with E-state index in [1.54, 1.807) is 0 Å². The molecule has 0 bridgehead atoms. The molecule has 0 aromatic rings. The molecule has 0 aromatic heterocycles. The molecule has 5 heteroatoms. The summed E-state index contributed by atoms with van der Waals surface area (Å²) in [7, 11) is 0. The van der Waals surface area contributed by atoms with Gasteiger partial charge in [0.15, 0.2) is 0 Å². The van der Waals surface area contributed by atoms with Crippen molar-refractivity contribution in [2.45, 2.75) is 19.3 Å². The molecule has 80 valence electrons. The third-order valence-corrected chi connectivity index (χ3v) is 2.31. The Morgan fingerprint density at radius 3 is 2.86 bits per heavy atom. The zero-order valence-corrected chi connectivity index (χ0v) is 8.08. The maximum Gasteiger partial charge on any atom is 0.322 e. The topological polar surface area (TPSA) is 78.4 Å². The first-order chi connectivity index (χ1) is 6.68. The molecule has 1 unspecified atom stereocenters. The molecular formula is C9H16N2O3. The van der Waals surface area contributed by atoms with Gasteiger partial charge < -0.3 is 15.7 Å². The number of nitrogens with one attached hydrogen (secondary N) is 2. The summed E-state index contributed by atoms with van der Waals surface area (Å²) in [6.45, 7) is 1.60. The van der Waals surface area contributed by atoms with E-state index in [4.69, 9.17) is 5.11 Å². The van der Waals surface area contributed by atoms with E-state index >= 15 is 0 Å². The summed E-state index contributed by atoms with van der Waals surface area (Å²) in [5.74, 6) is -0.807. The number of rotatable bonds is 4. The lowest BCUT2D eigenvalue weighted by Crippen LogP contribution is -2.35. The van der Waals surface area contributed by atoms with Crippen molar-refractivity contribution >= 4 is 11.9 Å². The Labute approximate surface area is 82.9 Å². The summed E-state index contributed by atoms with van der Waals surface area (Å²) < 4.78 is 0. The van der Waals surface area contributed by atoms with Crippen molar-refractivity contribution < 1.29 is 14.7 Å². The van der Waals surface area contributed by atoms with Crippen LogP contribution >= 0.6 is 0 Å². The standard InChI is InChI=1S/C9H16N2O3/c12-8(11-6-9(13)14)4-7-2-1-3-10-5-7/h7,10H,1-6H2,(H,11,12)(H,13,14). The molecule has 1 fully saturated rings. The van der Waals surface area contributed by atoms with Gasteiger partial charge in [-0.1, -0.05) is 0 Å². The van der Waals surface area contributed by atoms with Crippen molar-refractivity contribution in [3.63, 3.8) is 0 Å². The first-order valence-corrected chi connectivity index (χ1v) is 4.87. The molecular weight excluding hydrogens is 184 g/mol. The molecule has 3 N–H and O–H groups in total. The van der Waals surface area contributed by atoms with Crippen LogP contribution in [0.1, 0.15) is 19.3 Å². The van der Waals surface area contributed by atoms with Crippen LogP contribution in [0.3, 0.4) is 0 Å². The predicted molar refractivity (Wildman–Crippen MR) is 50.9 cm³/mol. The van der Waals surface area contributed by atoms with Gasteiger partial charge in [-0.25, -0.2) is 0 Å². The quantitative estimate of drug-likeness (QED) is 0.575. The van der Waals surface area contributed by atoms with E-state index in [0.29, 0.717) is 12.3 Å². The number of carbonyl (C=O) groups excluding carboxylic acids is 1. The van der Waals surface area contributed by atoms with E-state index in [9.17, 15) is 9.59 Å². The normalized spacial score (nSPS) is 21.6. The molecule has 0 saturated carbocycles. The van der Waals surface area contributed by atoms with Crippen molar-refractivity contribution in [2.75, 3.05) is 19.6 Å². The average molecular weight is 200 g/mol. The lowest BCUT2D eigenvalue weighted by molar-refractivity contribution is -0.138. The minimum Gasteiger partial charge on any atom is -0.480 e. The molecule has 1 heterocycles. The average Bonchev–Trinajstić information content (AvgIpc) is 2.16. The number of aliphatic carboxylic acids is 1. The minimum absolute atomic E-state index is 0.166. The molecule has 1 saturated heterocycles. The lowest BCUT2D eigenvalue weighted by atomic mass is 9.96. The first-order valence-electron chi connectivity index (χ1n) is 4.87. The Kier molecular flexibility index (Phi) is 4.39. The second-order valence-electron chi connectivity index (χ2n) is 3.59. The van der Waals surface area contributed by atoms with Crippen LogP contribution in [0.25, 0.3) is 0 Å². The minimum atomic E-state index is -1.000. The lowest BCUT2D eigenvalue weighted by Gasteiger charge is -2.21. The van der Waals surface area contributed by atoms with E-state index in [1.807, 2.05) is 0 Å². The van der Waals surface area contributed by atoms with Crippen LogP contribution in [-0.2, 0) is 9.59 Å². The van der Waals surface area contributed by atoms with Crippen LogP contribution in [0.15, 0.2) is 0 Å². The van der Waals surface area contributed by atoms with Gasteiger partial charge in [-0.05, 0) is 31.8 Å². The third kappa shape index (κ3) is 4.23. The van der Waals surface area contributed by atoms with E-state index in [1.165, 1.54) is 0 Å². The molecule has 1 amide bonds. The highest BCUT2D eigenvalue weighted by Gasteiger charge is 2.16. The first kappa shape index (κ1) is 11.0. The summed E-state index contributed by atoms with van der Waals surface area (Å²) in [4.78, 5) is 21.4. The maximum absolute atomic E-state index is 11.2. The van der Waals surface area contributed by atoms with Crippen LogP contribution in [0.5, 0.6) is 0 Å². The number of carbonyl (C=O) groups is 2. The zero-order chi connectivity index (χ0) is 10.4. The predicted octanol–water partition coefficient (Wildman–Crippen LogP) is -0.423. The highest BCUT2D eigenvalue weighted by Crippen LogP contribution is 2.13. The second-order valence-corrected chi connectivity index (χ2v) is 3.59. The van der Waals surface area contributed by atoms with E-state index in [0.717, 1.165) is 25.9 Å². The van der Waals surface area contributed by atoms with Gasteiger partial charge in [-0.3, -0.25) is 9.59 Å². The van der Waals surface area contributed by atoms with Gasteiger partial charge >= 0.3 is 5.97 Å². The number of carboxylic acids is 1. The van der Waals surface area contributed by atoms with Crippen molar-refractivity contribution in [1.29, 1.82) is 0 Å². The van der Waals surface area contributed by atoms with Gasteiger partial charge in [0, 0.05) is 6.42 Å². The Balaban J connectivity index is 2.15. The Morgan fingerprint density at radius 2 is 2.29 bits per heavy atom. The molecule has 1 aliphatic rings. The Bertz CT molecular complexity index is 212. The summed E-state index contributed by atoms with van der Waals surface area (Å²) >= 11 is 0. The van der Waals surface area contributed by atoms with E-state index < -0.39 is 5.97 Å². The zero-order valence-electron chi connectivity index (χ0n) is 8.08. The molecule has 14 heavy (non-hydrogen) atoms. The number of hydrogen-bond donors (Lipinski definition) is 3. The highest BCUT2D eigenvalue weighted by molar-refractivity contribution is 5.81. The van der Waals surface area contributed by atoms with Gasteiger partial charge in [-0.2, -0.15) is 0 Å². The number of piperidine rings is 1. The molecule has 1 atom stereocenters. The van der Waals surface area contributed by atoms with Crippen LogP contribution in [0.2, 0.25) is 0 Å². The summed E-state index contributed by atoms with van der Waals surface area (Å²) in [6.07, 6.45) is 2.57. The molecule has 0 spiro atoms. The fourth-order valence-corrected chi connectivity index (χ4v) is 1.61. The Hall–Kier alpha value is -1.10. The van der Waals surface area contributed by atoms with Gasteiger partial charge in [-0.15, -0.1) is 0 Å². The highest BCUT2D eigenvalue weighted by atomic mass is 16.4. The molecule has 1 aliphatic heterocycles. The summed E-state index contributed by atoms with van der Waals surface area (Å²) in [6, 6.07) is 0. The molecule has 1 rings (SSSR count). The smallest absolute Gasteiger partial charge is 0.322 e. The third-order valence-electron chi connectivity index (χ3n) is 2.31. The number of hydrogen-bond acceptors (Lipinski definition) is 3. The fourth-order valence-electron chi connectivity index (χ4n) is 1.61. The number of amides is 1. The van der Waals surface area contributed by atoms with Crippen LogP contribution in [0, 0.1) is 5.92 Å². The Morgan fingerprint density at radius 1 is 1.50 bits per heavy atom. The van der Waals surface area contributed by atoms with Crippen molar-refractivity contribution in [3.05, 3.63) is 0 Å².